The van der Waals surface area contributed by atoms with Crippen molar-refractivity contribution in [2.24, 2.45) is 0 Å². The first kappa shape index (κ1) is 22.6. The third-order valence-corrected chi connectivity index (χ3v) is 3.77. The third kappa shape index (κ3) is 6.73. The fourth-order valence-corrected chi connectivity index (χ4v) is 2.45. The van der Waals surface area contributed by atoms with Crippen molar-refractivity contribution in [2.45, 2.75) is 39.9 Å². The molecule has 0 unspecified atom stereocenters. The van der Waals surface area contributed by atoms with Gasteiger partial charge in [-0.2, -0.15) is 0 Å². The molecule has 0 fully saturated rings. The molecule has 0 radical (unpaired) electrons. The lowest BCUT2D eigenvalue weighted by atomic mass is 10.1. The molecule has 10 nitrogen and oxygen atoms in total. The molecule has 0 aliphatic rings. The van der Waals surface area contributed by atoms with Crippen LogP contribution in [-0.4, -0.2) is 34.1 Å². The zero-order valence-corrected chi connectivity index (χ0v) is 17.2. The molecule has 1 aromatic heterocycles. The minimum absolute atomic E-state index is 0.0195. The van der Waals surface area contributed by atoms with Crippen molar-refractivity contribution in [3.63, 3.8) is 0 Å². The number of anilines is 1. The van der Waals surface area contributed by atoms with E-state index in [-0.39, 0.29) is 18.9 Å². The number of alkyl carbamates (subject to hydrolysis) is 1. The molecule has 0 atom stereocenters. The number of aromatic nitrogens is 1. The van der Waals surface area contributed by atoms with Crippen LogP contribution in [0.25, 0.3) is 0 Å². The number of nitrogens with one attached hydrogen (secondary N) is 2. The second-order valence-electron chi connectivity index (χ2n) is 7.38. The van der Waals surface area contributed by atoms with E-state index in [1.165, 1.54) is 18.3 Å². The molecule has 10 heteroatoms. The van der Waals surface area contributed by atoms with E-state index in [0.717, 1.165) is 5.56 Å². The van der Waals surface area contributed by atoms with Crippen LogP contribution in [0.4, 0.5) is 16.3 Å². The van der Waals surface area contributed by atoms with Crippen molar-refractivity contribution in [2.75, 3.05) is 11.9 Å². The smallest absolute Gasteiger partial charge is 0.408 e. The number of pyridine rings is 1. The number of hydrogen-bond acceptors (Lipinski definition) is 7. The van der Waals surface area contributed by atoms with Crippen molar-refractivity contribution in [3.8, 4) is 5.75 Å². The SMILES string of the molecule is Cc1cccc(NC(=O)CNC(=O)OC(C)(C)C)c1COc1cccnc1[N+](=O)[O-]. The highest BCUT2D eigenvalue weighted by molar-refractivity contribution is 5.94. The molecule has 0 saturated heterocycles. The van der Waals surface area contributed by atoms with Crippen LogP contribution in [0.1, 0.15) is 31.9 Å². The maximum absolute atomic E-state index is 12.2. The molecular weight excluding hydrogens is 392 g/mol. The number of rotatable bonds is 7. The number of carbonyl (C=O) groups excluding carboxylic acids is 2. The Kier molecular flexibility index (Phi) is 7.29. The van der Waals surface area contributed by atoms with Crippen LogP contribution < -0.4 is 15.4 Å². The Morgan fingerprint density at radius 2 is 1.93 bits per heavy atom. The molecule has 2 rings (SSSR count). The van der Waals surface area contributed by atoms with Gasteiger partial charge < -0.3 is 30.2 Å². The quantitative estimate of drug-likeness (QED) is 0.522. The van der Waals surface area contributed by atoms with Gasteiger partial charge in [-0.1, -0.05) is 12.1 Å². The van der Waals surface area contributed by atoms with Gasteiger partial charge in [-0.25, -0.2) is 4.79 Å². The Bertz CT molecular complexity index is 939. The molecule has 0 aliphatic heterocycles. The van der Waals surface area contributed by atoms with E-state index in [9.17, 15) is 19.7 Å². The first-order valence-corrected chi connectivity index (χ1v) is 9.14. The summed E-state index contributed by atoms with van der Waals surface area (Å²) in [5.41, 5.74) is 1.26. The molecule has 0 aliphatic carbocycles. The van der Waals surface area contributed by atoms with Gasteiger partial charge in [0.05, 0.1) is 0 Å². The van der Waals surface area contributed by atoms with Gasteiger partial charge in [-0.05, 0) is 61.4 Å². The Labute approximate surface area is 173 Å². The van der Waals surface area contributed by atoms with Crippen LogP contribution in [0.5, 0.6) is 5.75 Å². The fraction of sp³-hybridized carbons (Fsp3) is 0.350. The Morgan fingerprint density at radius 1 is 1.20 bits per heavy atom. The number of nitro groups is 1. The highest BCUT2D eigenvalue weighted by atomic mass is 16.6. The van der Waals surface area contributed by atoms with Crippen molar-refractivity contribution >= 4 is 23.5 Å². The summed E-state index contributed by atoms with van der Waals surface area (Å²) in [7, 11) is 0. The summed E-state index contributed by atoms with van der Waals surface area (Å²) in [6, 6.07) is 8.24. The summed E-state index contributed by atoms with van der Waals surface area (Å²) in [6.07, 6.45) is 0.608. The number of carbonyl (C=O) groups is 2. The summed E-state index contributed by atoms with van der Waals surface area (Å²) in [5.74, 6) is -0.826. The number of ether oxygens (including phenoxy) is 2. The molecule has 2 aromatic rings. The van der Waals surface area contributed by atoms with Gasteiger partial charge in [0.2, 0.25) is 11.7 Å². The fourth-order valence-electron chi connectivity index (χ4n) is 2.45. The monoisotopic (exact) mass is 416 g/mol. The minimum atomic E-state index is -0.700. The maximum Gasteiger partial charge on any atom is 0.408 e. The third-order valence-electron chi connectivity index (χ3n) is 3.77. The maximum atomic E-state index is 12.2. The lowest BCUT2D eigenvalue weighted by Crippen LogP contribution is -2.37. The molecule has 30 heavy (non-hydrogen) atoms. The lowest BCUT2D eigenvalue weighted by Gasteiger charge is -2.19. The van der Waals surface area contributed by atoms with Crippen molar-refractivity contribution in [1.29, 1.82) is 0 Å². The van der Waals surface area contributed by atoms with Crippen LogP contribution in [0.2, 0.25) is 0 Å². The highest BCUT2D eigenvalue weighted by Gasteiger charge is 2.19. The summed E-state index contributed by atoms with van der Waals surface area (Å²) < 4.78 is 10.7. The van der Waals surface area contributed by atoms with Gasteiger partial charge in [-0.3, -0.25) is 4.79 Å². The number of aryl methyl sites for hydroxylation is 1. The molecule has 0 bridgehead atoms. The number of amides is 2. The molecule has 1 heterocycles. The Balaban J connectivity index is 2.05. The molecule has 0 saturated carbocycles. The van der Waals surface area contributed by atoms with Gasteiger partial charge in [-0.15, -0.1) is 0 Å². The van der Waals surface area contributed by atoms with Crippen molar-refractivity contribution in [1.82, 2.24) is 10.3 Å². The Morgan fingerprint density at radius 3 is 2.60 bits per heavy atom. The van der Waals surface area contributed by atoms with Gasteiger partial charge in [0.25, 0.3) is 0 Å². The Hall–Kier alpha value is -3.69. The zero-order chi connectivity index (χ0) is 22.3. The van der Waals surface area contributed by atoms with Gasteiger partial charge >= 0.3 is 11.9 Å². The van der Waals surface area contributed by atoms with Crippen LogP contribution in [0, 0.1) is 17.0 Å². The standard InChI is InChI=1S/C20H24N4O6/c1-13-7-5-8-15(23-17(25)11-22-19(26)30-20(2,3)4)14(13)12-29-16-9-6-10-21-18(16)24(27)28/h5-10H,11-12H2,1-4H3,(H,22,26)(H,23,25). The van der Waals surface area contributed by atoms with Gasteiger partial charge in [0.15, 0.2) is 0 Å². The van der Waals surface area contributed by atoms with E-state index in [1.807, 2.05) is 13.0 Å². The minimum Gasteiger partial charge on any atom is -0.481 e. The first-order valence-electron chi connectivity index (χ1n) is 9.14. The van der Waals surface area contributed by atoms with E-state index < -0.39 is 28.3 Å². The predicted octanol–water partition coefficient (Wildman–Crippen LogP) is 3.34. The second-order valence-corrected chi connectivity index (χ2v) is 7.38. The molecule has 160 valence electrons. The average molecular weight is 416 g/mol. The molecule has 2 amide bonds. The van der Waals surface area contributed by atoms with Crippen molar-refractivity contribution < 1.29 is 24.0 Å². The molecular formula is C20H24N4O6. The van der Waals surface area contributed by atoms with E-state index in [1.54, 1.807) is 32.9 Å². The molecule has 1 aromatic carbocycles. The summed E-state index contributed by atoms with van der Waals surface area (Å²) in [6.45, 7) is 6.69. The normalized spacial score (nSPS) is 10.8. The van der Waals surface area contributed by atoms with E-state index in [2.05, 4.69) is 15.6 Å². The van der Waals surface area contributed by atoms with E-state index in [4.69, 9.17) is 9.47 Å². The zero-order valence-electron chi connectivity index (χ0n) is 17.2. The van der Waals surface area contributed by atoms with Crippen LogP contribution in [-0.2, 0) is 16.1 Å². The topological polar surface area (TPSA) is 133 Å². The number of hydrogen-bond donors (Lipinski definition) is 2. The highest BCUT2D eigenvalue weighted by Crippen LogP contribution is 2.26. The second kappa shape index (κ2) is 9.68. The largest absolute Gasteiger partial charge is 0.481 e. The van der Waals surface area contributed by atoms with Crippen LogP contribution in [0.15, 0.2) is 36.5 Å². The summed E-state index contributed by atoms with van der Waals surface area (Å²) in [4.78, 5) is 38.1. The molecule has 0 spiro atoms. The first-order chi connectivity index (χ1) is 14.1. The van der Waals surface area contributed by atoms with Crippen LogP contribution >= 0.6 is 0 Å². The predicted molar refractivity (Wildman–Crippen MR) is 109 cm³/mol. The van der Waals surface area contributed by atoms with Crippen molar-refractivity contribution in [3.05, 3.63) is 57.8 Å². The number of benzene rings is 1. The van der Waals surface area contributed by atoms with Crippen LogP contribution in [0.3, 0.4) is 0 Å². The van der Waals surface area contributed by atoms with Gasteiger partial charge in [0, 0.05) is 11.3 Å². The summed E-state index contributed by atoms with van der Waals surface area (Å²) in [5, 5.41) is 16.2. The van der Waals surface area contributed by atoms with Gasteiger partial charge in [0.1, 0.15) is 24.9 Å². The average Bonchev–Trinajstić information content (AvgIpc) is 2.65. The molecule has 2 N–H and O–H groups in total. The summed E-state index contributed by atoms with van der Waals surface area (Å²) >= 11 is 0. The lowest BCUT2D eigenvalue weighted by molar-refractivity contribution is -0.390. The van der Waals surface area contributed by atoms with E-state index in [0.29, 0.717) is 11.3 Å². The number of nitrogens with zero attached hydrogens (tertiary/aromatic N) is 2. The van der Waals surface area contributed by atoms with E-state index >= 15 is 0 Å².